The van der Waals surface area contributed by atoms with E-state index in [9.17, 15) is 4.79 Å². The summed E-state index contributed by atoms with van der Waals surface area (Å²) in [6.45, 7) is 2.99. The van der Waals surface area contributed by atoms with Crippen LogP contribution in [0.15, 0.2) is 42.6 Å². The van der Waals surface area contributed by atoms with Crippen LogP contribution in [0.25, 0.3) is 0 Å². The van der Waals surface area contributed by atoms with Gasteiger partial charge in [-0.25, -0.2) is 4.98 Å². The molecular formula is C16H16N4O. The number of hydrogen-bond acceptors (Lipinski definition) is 4. The number of hydrogen-bond donors (Lipinski definition) is 1. The molecule has 2 aromatic rings. The number of rotatable bonds is 4. The molecular weight excluding hydrogens is 264 g/mol. The molecule has 21 heavy (non-hydrogen) atoms. The van der Waals surface area contributed by atoms with Gasteiger partial charge in [-0.2, -0.15) is 5.26 Å². The maximum atomic E-state index is 12.4. The van der Waals surface area contributed by atoms with E-state index in [0.29, 0.717) is 30.0 Å². The topological polar surface area (TPSA) is 83.0 Å². The Labute approximate surface area is 123 Å². The van der Waals surface area contributed by atoms with Gasteiger partial charge in [0.25, 0.3) is 5.91 Å². The van der Waals surface area contributed by atoms with Crippen LogP contribution in [0.5, 0.6) is 0 Å². The van der Waals surface area contributed by atoms with Crippen molar-refractivity contribution in [1.29, 1.82) is 5.26 Å². The highest BCUT2D eigenvalue weighted by molar-refractivity contribution is 5.92. The van der Waals surface area contributed by atoms with Crippen LogP contribution in [0.4, 0.5) is 5.69 Å². The van der Waals surface area contributed by atoms with E-state index in [-0.39, 0.29) is 5.91 Å². The first-order valence-electron chi connectivity index (χ1n) is 6.64. The molecule has 5 nitrogen and oxygen atoms in total. The Balaban J connectivity index is 2.14. The first-order valence-corrected chi connectivity index (χ1v) is 6.64. The molecule has 2 rings (SSSR count). The Morgan fingerprint density at radius 2 is 2.00 bits per heavy atom. The predicted octanol–water partition coefficient (Wildman–Crippen LogP) is 2.20. The molecule has 0 radical (unpaired) electrons. The first-order chi connectivity index (χ1) is 10.1. The quantitative estimate of drug-likeness (QED) is 0.870. The average Bonchev–Trinajstić information content (AvgIpc) is 2.54. The fraction of sp³-hybridized carbons (Fsp3) is 0.188. The third-order valence-corrected chi connectivity index (χ3v) is 3.13. The second-order valence-corrected chi connectivity index (χ2v) is 4.60. The monoisotopic (exact) mass is 280 g/mol. The van der Waals surface area contributed by atoms with Crippen molar-refractivity contribution in [3.63, 3.8) is 0 Å². The van der Waals surface area contributed by atoms with Crippen LogP contribution < -0.4 is 5.73 Å². The summed E-state index contributed by atoms with van der Waals surface area (Å²) in [5, 5.41) is 8.74. The van der Waals surface area contributed by atoms with Gasteiger partial charge in [0.15, 0.2) is 0 Å². The van der Waals surface area contributed by atoms with Gasteiger partial charge in [0.2, 0.25) is 0 Å². The van der Waals surface area contributed by atoms with E-state index in [1.54, 1.807) is 17.0 Å². The van der Waals surface area contributed by atoms with E-state index < -0.39 is 0 Å². The van der Waals surface area contributed by atoms with Gasteiger partial charge in [-0.1, -0.05) is 12.1 Å². The molecule has 1 amide bonds. The number of anilines is 1. The second kappa shape index (κ2) is 6.53. The molecule has 1 heterocycles. The molecule has 0 unspecified atom stereocenters. The van der Waals surface area contributed by atoms with E-state index in [1.165, 1.54) is 6.20 Å². The Morgan fingerprint density at radius 3 is 2.52 bits per heavy atom. The molecule has 0 aliphatic rings. The minimum absolute atomic E-state index is 0.154. The molecule has 2 N–H and O–H groups in total. The van der Waals surface area contributed by atoms with Crippen molar-refractivity contribution in [3.8, 4) is 6.07 Å². The molecule has 0 atom stereocenters. The summed E-state index contributed by atoms with van der Waals surface area (Å²) in [7, 11) is 0. The van der Waals surface area contributed by atoms with Gasteiger partial charge in [-0.15, -0.1) is 0 Å². The summed E-state index contributed by atoms with van der Waals surface area (Å²) in [6.07, 6.45) is 1.41. The number of nitrogens with two attached hydrogens (primary N) is 1. The zero-order valence-corrected chi connectivity index (χ0v) is 11.8. The zero-order chi connectivity index (χ0) is 15.2. The fourth-order valence-corrected chi connectivity index (χ4v) is 1.92. The SMILES string of the molecule is CCN(Cc1ccc(N)cc1)C(=O)c1ccc(C#N)cn1. The molecule has 0 fully saturated rings. The molecule has 0 saturated carbocycles. The van der Waals surface area contributed by atoms with Gasteiger partial charge in [0.1, 0.15) is 11.8 Å². The van der Waals surface area contributed by atoms with Gasteiger partial charge in [-0.05, 0) is 36.8 Å². The Kier molecular flexibility index (Phi) is 4.52. The number of aromatic nitrogens is 1. The van der Waals surface area contributed by atoms with Crippen LogP contribution in [0, 0.1) is 11.3 Å². The van der Waals surface area contributed by atoms with Crippen molar-refractivity contribution in [2.24, 2.45) is 0 Å². The lowest BCUT2D eigenvalue weighted by Gasteiger charge is -2.20. The number of amides is 1. The summed E-state index contributed by atoms with van der Waals surface area (Å²) in [5.74, 6) is -0.154. The second-order valence-electron chi connectivity index (χ2n) is 4.60. The van der Waals surface area contributed by atoms with Crippen LogP contribution in [0.2, 0.25) is 0 Å². The van der Waals surface area contributed by atoms with Crippen molar-refractivity contribution in [2.45, 2.75) is 13.5 Å². The van der Waals surface area contributed by atoms with Gasteiger partial charge in [0.05, 0.1) is 5.56 Å². The lowest BCUT2D eigenvalue weighted by Crippen LogP contribution is -2.30. The van der Waals surface area contributed by atoms with Crippen molar-refractivity contribution in [1.82, 2.24) is 9.88 Å². The van der Waals surface area contributed by atoms with Gasteiger partial charge in [-0.3, -0.25) is 4.79 Å². The molecule has 0 aliphatic heterocycles. The molecule has 0 bridgehead atoms. The maximum Gasteiger partial charge on any atom is 0.272 e. The van der Waals surface area contributed by atoms with E-state index >= 15 is 0 Å². The third kappa shape index (κ3) is 3.57. The number of nitriles is 1. The van der Waals surface area contributed by atoms with Crippen molar-refractivity contribution < 1.29 is 4.79 Å². The summed E-state index contributed by atoms with van der Waals surface area (Å²) in [5.41, 5.74) is 8.13. The Bertz CT molecular complexity index is 656. The van der Waals surface area contributed by atoms with E-state index in [1.807, 2.05) is 37.3 Å². The lowest BCUT2D eigenvalue weighted by molar-refractivity contribution is 0.0746. The fourth-order valence-electron chi connectivity index (χ4n) is 1.92. The molecule has 106 valence electrons. The van der Waals surface area contributed by atoms with Crippen LogP contribution in [-0.2, 0) is 6.54 Å². The summed E-state index contributed by atoms with van der Waals surface area (Å²) < 4.78 is 0. The number of nitrogens with zero attached hydrogens (tertiary/aromatic N) is 3. The maximum absolute atomic E-state index is 12.4. The molecule has 0 saturated heterocycles. The van der Waals surface area contributed by atoms with Crippen LogP contribution in [-0.4, -0.2) is 22.3 Å². The zero-order valence-electron chi connectivity index (χ0n) is 11.8. The van der Waals surface area contributed by atoms with Gasteiger partial charge in [0, 0.05) is 25.0 Å². The molecule has 1 aromatic heterocycles. The first kappa shape index (κ1) is 14.5. The van der Waals surface area contributed by atoms with Crippen LogP contribution in [0.3, 0.4) is 0 Å². The van der Waals surface area contributed by atoms with E-state index in [0.717, 1.165) is 5.56 Å². The summed E-state index contributed by atoms with van der Waals surface area (Å²) in [6, 6.07) is 12.6. The minimum atomic E-state index is -0.154. The molecule has 1 aromatic carbocycles. The number of benzene rings is 1. The Morgan fingerprint density at radius 1 is 1.29 bits per heavy atom. The number of pyridine rings is 1. The van der Waals surface area contributed by atoms with Crippen molar-refractivity contribution in [3.05, 3.63) is 59.4 Å². The standard InChI is InChI=1S/C16H16N4O/c1-2-20(11-12-3-6-14(18)7-4-12)16(21)15-8-5-13(9-17)10-19-15/h3-8,10H,2,11,18H2,1H3. The van der Waals surface area contributed by atoms with E-state index in [4.69, 9.17) is 11.0 Å². The predicted molar refractivity (Wildman–Crippen MR) is 80.2 cm³/mol. The summed E-state index contributed by atoms with van der Waals surface area (Å²) >= 11 is 0. The normalized spacial score (nSPS) is 9.90. The van der Waals surface area contributed by atoms with Gasteiger partial charge < -0.3 is 10.6 Å². The van der Waals surface area contributed by atoms with Crippen LogP contribution >= 0.6 is 0 Å². The summed E-state index contributed by atoms with van der Waals surface area (Å²) in [4.78, 5) is 18.1. The Hall–Kier alpha value is -2.87. The number of carbonyl (C=O) groups is 1. The van der Waals surface area contributed by atoms with Gasteiger partial charge >= 0.3 is 0 Å². The smallest absolute Gasteiger partial charge is 0.272 e. The molecule has 5 heteroatoms. The average molecular weight is 280 g/mol. The highest BCUT2D eigenvalue weighted by Crippen LogP contribution is 2.11. The number of carbonyl (C=O) groups excluding carboxylic acids is 1. The van der Waals surface area contributed by atoms with Crippen molar-refractivity contribution in [2.75, 3.05) is 12.3 Å². The largest absolute Gasteiger partial charge is 0.399 e. The highest BCUT2D eigenvalue weighted by Gasteiger charge is 2.15. The van der Waals surface area contributed by atoms with Crippen molar-refractivity contribution >= 4 is 11.6 Å². The lowest BCUT2D eigenvalue weighted by atomic mass is 10.2. The minimum Gasteiger partial charge on any atom is -0.399 e. The highest BCUT2D eigenvalue weighted by atomic mass is 16.2. The van der Waals surface area contributed by atoms with Crippen LogP contribution in [0.1, 0.15) is 28.5 Å². The molecule has 0 aliphatic carbocycles. The van der Waals surface area contributed by atoms with E-state index in [2.05, 4.69) is 4.98 Å². The molecule has 0 spiro atoms. The third-order valence-electron chi connectivity index (χ3n) is 3.13. The number of nitrogen functional groups attached to an aromatic ring is 1.